The van der Waals surface area contributed by atoms with Crippen molar-refractivity contribution >= 4 is 29.9 Å². The number of nitrogens with zero attached hydrogens (tertiary/aromatic N) is 2. The highest BCUT2D eigenvalue weighted by molar-refractivity contribution is 14.0. The van der Waals surface area contributed by atoms with Gasteiger partial charge in [0, 0.05) is 12.7 Å². The summed E-state index contributed by atoms with van der Waals surface area (Å²) in [5.41, 5.74) is 1.71. The van der Waals surface area contributed by atoms with Gasteiger partial charge >= 0.3 is 6.61 Å². The Bertz CT molecular complexity index is 733. The Balaban J connectivity index is 0.00000392. The first-order chi connectivity index (χ1) is 13.1. The van der Waals surface area contributed by atoms with Gasteiger partial charge in [-0.3, -0.25) is 4.98 Å². The van der Waals surface area contributed by atoms with E-state index in [-0.39, 0.29) is 35.5 Å². The second-order valence-electron chi connectivity index (χ2n) is 5.46. The zero-order chi connectivity index (χ0) is 19.5. The quantitative estimate of drug-likeness (QED) is 0.306. The second-order valence-corrected chi connectivity index (χ2v) is 5.46. The molecule has 28 heavy (non-hydrogen) atoms. The molecule has 1 heterocycles. The smallest absolute Gasteiger partial charge is 0.387 e. The van der Waals surface area contributed by atoms with E-state index in [2.05, 4.69) is 25.3 Å². The molecule has 1 aromatic heterocycles. The number of ether oxygens (including phenoxy) is 2. The highest BCUT2D eigenvalue weighted by Crippen LogP contribution is 2.30. The van der Waals surface area contributed by atoms with E-state index in [9.17, 15) is 8.78 Å². The summed E-state index contributed by atoms with van der Waals surface area (Å²) in [5.74, 6) is 0.922. The topological polar surface area (TPSA) is 67.8 Å². The van der Waals surface area contributed by atoms with Crippen LogP contribution in [0.1, 0.15) is 25.1 Å². The Morgan fingerprint density at radius 3 is 2.61 bits per heavy atom. The third kappa shape index (κ3) is 8.24. The van der Waals surface area contributed by atoms with Gasteiger partial charge in [-0.05, 0) is 43.7 Å². The molecule has 154 valence electrons. The summed E-state index contributed by atoms with van der Waals surface area (Å²) in [7, 11) is 0. The molecule has 0 saturated heterocycles. The largest absolute Gasteiger partial charge is 0.490 e. The summed E-state index contributed by atoms with van der Waals surface area (Å²) >= 11 is 0. The van der Waals surface area contributed by atoms with Crippen molar-refractivity contribution in [1.82, 2.24) is 15.6 Å². The van der Waals surface area contributed by atoms with Crippen molar-refractivity contribution in [2.24, 2.45) is 4.99 Å². The van der Waals surface area contributed by atoms with Crippen LogP contribution in [-0.2, 0) is 13.1 Å². The summed E-state index contributed by atoms with van der Waals surface area (Å²) in [5, 5.41) is 6.36. The number of pyridine rings is 1. The van der Waals surface area contributed by atoms with Gasteiger partial charge in [0.05, 0.1) is 25.4 Å². The van der Waals surface area contributed by atoms with Crippen molar-refractivity contribution in [1.29, 1.82) is 0 Å². The van der Waals surface area contributed by atoms with E-state index in [0.29, 0.717) is 32.2 Å². The van der Waals surface area contributed by atoms with Crippen LogP contribution in [0.25, 0.3) is 0 Å². The van der Waals surface area contributed by atoms with Crippen molar-refractivity contribution in [2.75, 3.05) is 13.2 Å². The Kier molecular flexibility index (Phi) is 11.2. The van der Waals surface area contributed by atoms with Crippen LogP contribution in [0.4, 0.5) is 8.78 Å². The third-order valence-electron chi connectivity index (χ3n) is 3.45. The maximum Gasteiger partial charge on any atom is 0.387 e. The molecular formula is C19H25F2IN4O2. The van der Waals surface area contributed by atoms with Gasteiger partial charge in [0.2, 0.25) is 0 Å². The lowest BCUT2D eigenvalue weighted by atomic mass is 10.2. The SMILES string of the molecule is CCNC(=NCc1ccc(OC(F)F)c(OCC)c1)NCc1ccccn1.I. The molecule has 0 atom stereocenters. The lowest BCUT2D eigenvalue weighted by molar-refractivity contribution is -0.0514. The number of aromatic nitrogens is 1. The Morgan fingerprint density at radius 2 is 1.96 bits per heavy atom. The number of guanidine groups is 1. The van der Waals surface area contributed by atoms with Crippen LogP contribution < -0.4 is 20.1 Å². The number of hydrogen-bond donors (Lipinski definition) is 2. The number of aliphatic imine (C=N–C) groups is 1. The average Bonchev–Trinajstić information content (AvgIpc) is 2.66. The fraction of sp³-hybridized carbons (Fsp3) is 0.368. The molecule has 2 aromatic rings. The first-order valence-electron chi connectivity index (χ1n) is 8.75. The lowest BCUT2D eigenvalue weighted by Gasteiger charge is -2.13. The number of halogens is 3. The van der Waals surface area contributed by atoms with Gasteiger partial charge in [0.1, 0.15) is 0 Å². The standard InChI is InChI=1S/C19H24F2N4O2.HI/c1-3-22-19(25-13-15-7-5-6-10-23-15)24-12-14-8-9-16(27-18(20)21)17(11-14)26-4-2;/h5-11,18H,3-4,12-13H2,1-2H3,(H2,22,24,25);1H. The van der Waals surface area contributed by atoms with Crippen LogP contribution in [-0.4, -0.2) is 30.7 Å². The molecular weight excluding hydrogens is 481 g/mol. The zero-order valence-electron chi connectivity index (χ0n) is 15.8. The molecule has 2 N–H and O–H groups in total. The van der Waals surface area contributed by atoms with Crippen LogP contribution in [0.2, 0.25) is 0 Å². The predicted octanol–water partition coefficient (Wildman–Crippen LogP) is 3.96. The maximum absolute atomic E-state index is 12.5. The summed E-state index contributed by atoms with van der Waals surface area (Å²) in [6, 6.07) is 10.5. The monoisotopic (exact) mass is 506 g/mol. The van der Waals surface area contributed by atoms with Gasteiger partial charge in [0.25, 0.3) is 0 Å². The van der Waals surface area contributed by atoms with Crippen molar-refractivity contribution in [3.63, 3.8) is 0 Å². The normalized spacial score (nSPS) is 11.0. The third-order valence-corrected chi connectivity index (χ3v) is 3.45. The van der Waals surface area contributed by atoms with Crippen molar-refractivity contribution < 1.29 is 18.3 Å². The molecule has 9 heteroatoms. The Labute approximate surface area is 180 Å². The fourth-order valence-corrected chi connectivity index (χ4v) is 2.30. The minimum Gasteiger partial charge on any atom is -0.490 e. The van der Waals surface area contributed by atoms with Gasteiger partial charge in [-0.25, -0.2) is 4.99 Å². The fourth-order valence-electron chi connectivity index (χ4n) is 2.30. The predicted molar refractivity (Wildman–Crippen MR) is 116 cm³/mol. The van der Waals surface area contributed by atoms with Crippen molar-refractivity contribution in [3.8, 4) is 11.5 Å². The molecule has 6 nitrogen and oxygen atoms in total. The van der Waals surface area contributed by atoms with Gasteiger partial charge in [-0.2, -0.15) is 8.78 Å². The van der Waals surface area contributed by atoms with Crippen LogP contribution >= 0.6 is 24.0 Å². The van der Waals surface area contributed by atoms with E-state index in [1.165, 1.54) is 6.07 Å². The molecule has 0 amide bonds. The number of nitrogens with one attached hydrogen (secondary N) is 2. The van der Waals surface area contributed by atoms with Crippen LogP contribution in [0.5, 0.6) is 11.5 Å². The molecule has 0 unspecified atom stereocenters. The summed E-state index contributed by atoms with van der Waals surface area (Å²) in [4.78, 5) is 8.77. The van der Waals surface area contributed by atoms with E-state index in [4.69, 9.17) is 4.74 Å². The molecule has 0 aliphatic heterocycles. The molecule has 0 aliphatic rings. The van der Waals surface area contributed by atoms with E-state index in [1.807, 2.05) is 25.1 Å². The van der Waals surface area contributed by atoms with E-state index in [1.54, 1.807) is 25.3 Å². The van der Waals surface area contributed by atoms with E-state index < -0.39 is 6.61 Å². The Hall–Kier alpha value is -2.17. The minimum absolute atomic E-state index is 0. The molecule has 0 saturated carbocycles. The highest BCUT2D eigenvalue weighted by Gasteiger charge is 2.11. The molecule has 0 aliphatic carbocycles. The second kappa shape index (κ2) is 13.1. The van der Waals surface area contributed by atoms with Crippen LogP contribution in [0, 0.1) is 0 Å². The number of hydrogen-bond acceptors (Lipinski definition) is 4. The first-order valence-corrected chi connectivity index (χ1v) is 8.75. The van der Waals surface area contributed by atoms with Gasteiger partial charge in [-0.1, -0.05) is 12.1 Å². The van der Waals surface area contributed by atoms with Crippen LogP contribution in [0.15, 0.2) is 47.6 Å². The average molecular weight is 506 g/mol. The molecule has 0 bridgehead atoms. The minimum atomic E-state index is -2.90. The molecule has 0 fully saturated rings. The van der Waals surface area contributed by atoms with Crippen molar-refractivity contribution in [3.05, 3.63) is 53.9 Å². The van der Waals surface area contributed by atoms with Crippen LogP contribution in [0.3, 0.4) is 0 Å². The highest BCUT2D eigenvalue weighted by atomic mass is 127. The molecule has 1 aromatic carbocycles. The number of rotatable bonds is 9. The van der Waals surface area contributed by atoms with Gasteiger partial charge < -0.3 is 20.1 Å². The lowest BCUT2D eigenvalue weighted by Crippen LogP contribution is -2.37. The van der Waals surface area contributed by atoms with E-state index in [0.717, 1.165) is 11.3 Å². The van der Waals surface area contributed by atoms with Gasteiger partial charge in [0.15, 0.2) is 17.5 Å². The zero-order valence-corrected chi connectivity index (χ0v) is 18.2. The molecule has 2 rings (SSSR count). The summed E-state index contributed by atoms with van der Waals surface area (Å²) < 4.78 is 34.8. The Morgan fingerprint density at radius 1 is 1.14 bits per heavy atom. The summed E-state index contributed by atoms with van der Waals surface area (Å²) in [6.07, 6.45) is 1.74. The summed E-state index contributed by atoms with van der Waals surface area (Å²) in [6.45, 7) is 2.80. The van der Waals surface area contributed by atoms with Gasteiger partial charge in [-0.15, -0.1) is 24.0 Å². The molecule has 0 radical (unpaired) electrons. The number of benzene rings is 1. The maximum atomic E-state index is 12.5. The van der Waals surface area contributed by atoms with E-state index >= 15 is 0 Å². The first kappa shape index (κ1) is 23.9. The molecule has 0 spiro atoms. The number of alkyl halides is 2. The van der Waals surface area contributed by atoms with Crippen molar-refractivity contribution in [2.45, 2.75) is 33.5 Å².